The third-order valence-electron chi connectivity index (χ3n) is 4.09. The van der Waals surface area contributed by atoms with E-state index in [1.54, 1.807) is 18.3 Å². The van der Waals surface area contributed by atoms with Crippen molar-refractivity contribution in [3.8, 4) is 5.75 Å². The molecule has 1 aliphatic heterocycles. The molecule has 0 aromatic heterocycles. The summed E-state index contributed by atoms with van der Waals surface area (Å²) < 4.78 is 5.37. The third-order valence-corrected chi connectivity index (χ3v) is 4.31. The summed E-state index contributed by atoms with van der Waals surface area (Å²) in [7, 11) is 0. The van der Waals surface area contributed by atoms with Crippen LogP contribution in [-0.4, -0.2) is 42.5 Å². The highest BCUT2D eigenvalue weighted by Crippen LogP contribution is 2.25. The molecule has 24 heavy (non-hydrogen) atoms. The predicted octanol–water partition coefficient (Wildman–Crippen LogP) is 3.94. The van der Waals surface area contributed by atoms with Crippen LogP contribution in [0.25, 0.3) is 0 Å². The lowest BCUT2D eigenvalue weighted by Crippen LogP contribution is -2.35. The Labute approximate surface area is 147 Å². The number of ether oxygens (including phenoxy) is 1. The van der Waals surface area contributed by atoms with Crippen LogP contribution in [0.5, 0.6) is 5.75 Å². The molecule has 0 unspecified atom stereocenters. The zero-order valence-electron chi connectivity index (χ0n) is 13.7. The van der Waals surface area contributed by atoms with Gasteiger partial charge in [0, 0.05) is 36.4 Å². The first-order valence-electron chi connectivity index (χ1n) is 8.04. The third kappa shape index (κ3) is 4.35. The van der Waals surface area contributed by atoms with Crippen molar-refractivity contribution in [1.82, 2.24) is 4.90 Å². The van der Waals surface area contributed by atoms with E-state index in [9.17, 15) is 5.11 Å². The number of phenols is 1. The molecule has 4 nitrogen and oxygen atoms in total. The quantitative estimate of drug-likeness (QED) is 0.854. The Bertz CT molecular complexity index is 723. The van der Waals surface area contributed by atoms with Gasteiger partial charge in [0.2, 0.25) is 0 Å². The van der Waals surface area contributed by atoms with Crippen molar-refractivity contribution in [3.63, 3.8) is 0 Å². The first kappa shape index (κ1) is 17.0. The van der Waals surface area contributed by atoms with Gasteiger partial charge in [0.15, 0.2) is 0 Å². The number of hydrogen-bond acceptors (Lipinski definition) is 4. The van der Waals surface area contributed by atoms with E-state index < -0.39 is 0 Å². The largest absolute Gasteiger partial charge is 0.507 e. The van der Waals surface area contributed by atoms with Gasteiger partial charge in [0.25, 0.3) is 0 Å². The number of aryl methyl sites for hydroxylation is 1. The summed E-state index contributed by atoms with van der Waals surface area (Å²) >= 11 is 6.03. The topological polar surface area (TPSA) is 45.1 Å². The first-order valence-corrected chi connectivity index (χ1v) is 8.42. The minimum atomic E-state index is 0.215. The molecule has 126 valence electrons. The molecule has 0 bridgehead atoms. The molecule has 1 aliphatic rings. The standard InChI is InChI=1S/C19H21ClN2O2/c1-14-10-17(20)11-16(19(14)23)12-21-18-4-2-15(3-5-18)13-22-6-8-24-9-7-22/h2-5,10-12,23H,6-9,13H2,1H3. The van der Waals surface area contributed by atoms with Crippen LogP contribution < -0.4 is 0 Å². The molecule has 0 amide bonds. The second-order valence-electron chi connectivity index (χ2n) is 5.97. The van der Waals surface area contributed by atoms with E-state index in [1.807, 2.05) is 19.1 Å². The SMILES string of the molecule is Cc1cc(Cl)cc(C=Nc2ccc(CN3CCOCC3)cc2)c1O. The lowest BCUT2D eigenvalue weighted by atomic mass is 10.1. The second kappa shape index (κ2) is 7.79. The van der Waals surface area contributed by atoms with Gasteiger partial charge in [-0.1, -0.05) is 23.7 Å². The normalized spacial score (nSPS) is 15.9. The Kier molecular flexibility index (Phi) is 5.51. The number of aromatic hydroxyl groups is 1. The maximum atomic E-state index is 10.1. The Morgan fingerprint density at radius 2 is 1.92 bits per heavy atom. The summed E-state index contributed by atoms with van der Waals surface area (Å²) in [6.07, 6.45) is 1.64. The molecular formula is C19H21ClN2O2. The molecule has 0 atom stereocenters. The van der Waals surface area contributed by atoms with Gasteiger partial charge in [-0.25, -0.2) is 0 Å². The van der Waals surface area contributed by atoms with Gasteiger partial charge >= 0.3 is 0 Å². The van der Waals surface area contributed by atoms with E-state index >= 15 is 0 Å². The van der Waals surface area contributed by atoms with Crippen molar-refractivity contribution >= 4 is 23.5 Å². The Morgan fingerprint density at radius 1 is 1.21 bits per heavy atom. The van der Waals surface area contributed by atoms with E-state index in [0.717, 1.165) is 44.1 Å². The molecule has 1 fully saturated rings. The minimum absolute atomic E-state index is 0.215. The van der Waals surface area contributed by atoms with Gasteiger partial charge in [-0.3, -0.25) is 9.89 Å². The zero-order valence-corrected chi connectivity index (χ0v) is 14.5. The van der Waals surface area contributed by atoms with Crippen LogP contribution in [-0.2, 0) is 11.3 Å². The van der Waals surface area contributed by atoms with Gasteiger partial charge in [-0.15, -0.1) is 0 Å². The fraction of sp³-hybridized carbons (Fsp3) is 0.316. The van der Waals surface area contributed by atoms with Crippen molar-refractivity contribution in [2.45, 2.75) is 13.5 Å². The number of halogens is 1. The van der Waals surface area contributed by atoms with Gasteiger partial charge in [0.05, 0.1) is 18.9 Å². The monoisotopic (exact) mass is 344 g/mol. The zero-order chi connectivity index (χ0) is 16.9. The van der Waals surface area contributed by atoms with Gasteiger partial charge < -0.3 is 9.84 Å². The fourth-order valence-electron chi connectivity index (χ4n) is 2.71. The molecule has 0 spiro atoms. The Morgan fingerprint density at radius 3 is 2.62 bits per heavy atom. The van der Waals surface area contributed by atoms with Crippen molar-refractivity contribution in [1.29, 1.82) is 0 Å². The first-order chi connectivity index (χ1) is 11.6. The molecule has 0 saturated carbocycles. The number of benzene rings is 2. The maximum absolute atomic E-state index is 10.1. The van der Waals surface area contributed by atoms with E-state index in [0.29, 0.717) is 10.6 Å². The van der Waals surface area contributed by atoms with Gasteiger partial charge in [0.1, 0.15) is 5.75 Å². The van der Waals surface area contributed by atoms with E-state index in [4.69, 9.17) is 16.3 Å². The minimum Gasteiger partial charge on any atom is -0.507 e. The van der Waals surface area contributed by atoms with Crippen molar-refractivity contribution in [2.75, 3.05) is 26.3 Å². The summed E-state index contributed by atoms with van der Waals surface area (Å²) in [5.41, 5.74) is 3.47. The highest BCUT2D eigenvalue weighted by molar-refractivity contribution is 6.31. The van der Waals surface area contributed by atoms with Crippen LogP contribution in [0, 0.1) is 6.92 Å². The lowest BCUT2D eigenvalue weighted by molar-refractivity contribution is 0.0342. The average molecular weight is 345 g/mol. The van der Waals surface area contributed by atoms with E-state index in [1.165, 1.54) is 5.56 Å². The van der Waals surface area contributed by atoms with Crippen LogP contribution in [0.15, 0.2) is 41.4 Å². The number of morpholine rings is 1. The van der Waals surface area contributed by atoms with Gasteiger partial charge in [-0.2, -0.15) is 0 Å². The van der Waals surface area contributed by atoms with Crippen molar-refractivity contribution in [3.05, 3.63) is 58.1 Å². The molecule has 2 aromatic carbocycles. The lowest BCUT2D eigenvalue weighted by Gasteiger charge is -2.26. The summed E-state index contributed by atoms with van der Waals surface area (Å²) in [6, 6.07) is 11.6. The maximum Gasteiger partial charge on any atom is 0.127 e. The number of hydrogen-bond donors (Lipinski definition) is 1. The molecule has 0 aliphatic carbocycles. The summed E-state index contributed by atoms with van der Waals surface area (Å²) in [5, 5.41) is 10.7. The molecular weight excluding hydrogens is 324 g/mol. The van der Waals surface area contributed by atoms with E-state index in [2.05, 4.69) is 22.0 Å². The highest BCUT2D eigenvalue weighted by Gasteiger charge is 2.10. The summed E-state index contributed by atoms with van der Waals surface area (Å²) in [6.45, 7) is 6.33. The van der Waals surface area contributed by atoms with Crippen LogP contribution in [0.3, 0.4) is 0 Å². The number of phenolic OH excluding ortho intramolecular Hbond substituents is 1. The average Bonchev–Trinajstić information content (AvgIpc) is 2.59. The Balaban J connectivity index is 1.67. The number of aliphatic imine (C=N–C) groups is 1. The van der Waals surface area contributed by atoms with Crippen LogP contribution in [0.1, 0.15) is 16.7 Å². The fourth-order valence-corrected chi connectivity index (χ4v) is 2.99. The molecule has 5 heteroatoms. The van der Waals surface area contributed by atoms with Crippen LogP contribution >= 0.6 is 11.6 Å². The van der Waals surface area contributed by atoms with Crippen LogP contribution in [0.4, 0.5) is 5.69 Å². The Hall–Kier alpha value is -1.88. The van der Waals surface area contributed by atoms with Gasteiger partial charge in [-0.05, 0) is 42.3 Å². The number of rotatable bonds is 4. The molecule has 3 rings (SSSR count). The second-order valence-corrected chi connectivity index (χ2v) is 6.41. The predicted molar refractivity (Wildman–Crippen MR) is 97.6 cm³/mol. The van der Waals surface area contributed by atoms with Crippen molar-refractivity contribution < 1.29 is 9.84 Å². The molecule has 1 N–H and O–H groups in total. The summed E-state index contributed by atoms with van der Waals surface area (Å²) in [5.74, 6) is 0.215. The van der Waals surface area contributed by atoms with E-state index in [-0.39, 0.29) is 5.75 Å². The molecule has 1 heterocycles. The highest BCUT2D eigenvalue weighted by atomic mass is 35.5. The molecule has 2 aromatic rings. The smallest absolute Gasteiger partial charge is 0.127 e. The number of nitrogens with zero attached hydrogens (tertiary/aromatic N) is 2. The van der Waals surface area contributed by atoms with Crippen molar-refractivity contribution in [2.24, 2.45) is 4.99 Å². The van der Waals surface area contributed by atoms with Crippen LogP contribution in [0.2, 0.25) is 5.02 Å². The summed E-state index contributed by atoms with van der Waals surface area (Å²) in [4.78, 5) is 6.81. The molecule has 0 radical (unpaired) electrons. The molecule has 1 saturated heterocycles.